The normalized spacial score (nSPS) is 13.0. The molecule has 1 nitrogen and oxygen atoms in total. The minimum Gasteiger partial charge on any atom is -0.309 e. The number of rotatable bonds is 5. The van der Waals surface area contributed by atoms with E-state index in [2.05, 4.69) is 183 Å². The zero-order valence-corrected chi connectivity index (χ0v) is 25.0. The molecule has 0 radical (unpaired) electrons. The van der Waals surface area contributed by atoms with Crippen LogP contribution in [-0.2, 0) is 5.41 Å². The molecule has 0 saturated carbocycles. The van der Waals surface area contributed by atoms with Crippen molar-refractivity contribution >= 4 is 27.8 Å². The number of hydrogen-bond donors (Lipinski definition) is 0. The van der Waals surface area contributed by atoms with Crippen LogP contribution >= 0.6 is 0 Å². The van der Waals surface area contributed by atoms with E-state index in [1.54, 1.807) is 0 Å². The van der Waals surface area contributed by atoms with Crippen LogP contribution < -0.4 is 4.90 Å². The summed E-state index contributed by atoms with van der Waals surface area (Å²) in [6, 6.07) is 59.5. The Morgan fingerprint density at radius 3 is 1.73 bits per heavy atom. The van der Waals surface area contributed by atoms with Gasteiger partial charge in [0, 0.05) is 22.1 Å². The fourth-order valence-electron chi connectivity index (χ4n) is 7.20. The van der Waals surface area contributed by atoms with E-state index in [4.69, 9.17) is 0 Å². The number of hydrogen-bond acceptors (Lipinski definition) is 1. The summed E-state index contributed by atoms with van der Waals surface area (Å²) >= 11 is 0. The third-order valence-corrected chi connectivity index (χ3v) is 9.22. The van der Waals surface area contributed by atoms with Crippen LogP contribution in [0.2, 0.25) is 0 Å². The Morgan fingerprint density at radius 1 is 0.409 bits per heavy atom. The molecule has 7 aromatic carbocycles. The Bertz CT molecular complexity index is 2130. The molecular formula is C43H33N. The third kappa shape index (κ3) is 4.16. The molecule has 8 rings (SSSR count). The van der Waals surface area contributed by atoms with E-state index in [1.165, 1.54) is 61.0 Å². The predicted octanol–water partition coefficient (Wildman–Crippen LogP) is 11.9. The lowest BCUT2D eigenvalue weighted by atomic mass is 9.79. The molecule has 210 valence electrons. The number of fused-ring (bicyclic) bond motifs is 5. The van der Waals surface area contributed by atoms with Crippen LogP contribution in [-0.4, -0.2) is 0 Å². The molecule has 0 N–H and O–H groups in total. The van der Waals surface area contributed by atoms with Gasteiger partial charge in [-0.25, -0.2) is 0 Å². The Morgan fingerprint density at radius 2 is 1.00 bits per heavy atom. The molecule has 0 fully saturated rings. The molecule has 0 aromatic heterocycles. The van der Waals surface area contributed by atoms with Crippen LogP contribution in [0.15, 0.2) is 164 Å². The monoisotopic (exact) mass is 563 g/mol. The van der Waals surface area contributed by atoms with E-state index in [-0.39, 0.29) is 5.41 Å². The van der Waals surface area contributed by atoms with Gasteiger partial charge in [0.25, 0.3) is 0 Å². The van der Waals surface area contributed by atoms with Gasteiger partial charge in [0.2, 0.25) is 0 Å². The van der Waals surface area contributed by atoms with E-state index in [0.717, 1.165) is 11.4 Å². The fourth-order valence-corrected chi connectivity index (χ4v) is 7.20. The zero-order chi connectivity index (χ0) is 29.7. The van der Waals surface area contributed by atoms with Crippen LogP contribution in [0.4, 0.5) is 17.1 Å². The summed E-state index contributed by atoms with van der Waals surface area (Å²) in [5.41, 5.74) is 13.7. The SMILES string of the molecule is CC1(C)c2ccc(-c3ccccc3)cc2-c2cc(N(c3ccccc3)c3ccccc3-c3ccccc3)c3ccccc3c21. The summed E-state index contributed by atoms with van der Waals surface area (Å²) in [5.74, 6) is 0. The van der Waals surface area contributed by atoms with Gasteiger partial charge >= 0.3 is 0 Å². The number of benzene rings is 7. The molecule has 0 heterocycles. The molecule has 0 spiro atoms. The second kappa shape index (κ2) is 10.4. The van der Waals surface area contributed by atoms with E-state index in [9.17, 15) is 0 Å². The van der Waals surface area contributed by atoms with Crippen molar-refractivity contribution < 1.29 is 0 Å². The molecule has 0 saturated heterocycles. The van der Waals surface area contributed by atoms with Crippen LogP contribution in [0, 0.1) is 0 Å². The molecule has 0 unspecified atom stereocenters. The summed E-state index contributed by atoms with van der Waals surface area (Å²) in [7, 11) is 0. The lowest BCUT2D eigenvalue weighted by Crippen LogP contribution is -2.16. The van der Waals surface area contributed by atoms with Crippen molar-refractivity contribution in [3.8, 4) is 33.4 Å². The van der Waals surface area contributed by atoms with Crippen LogP contribution in [0.1, 0.15) is 25.0 Å². The lowest BCUT2D eigenvalue weighted by molar-refractivity contribution is 0.666. The quantitative estimate of drug-likeness (QED) is 0.201. The predicted molar refractivity (Wildman–Crippen MR) is 187 cm³/mol. The van der Waals surface area contributed by atoms with Gasteiger partial charge < -0.3 is 4.90 Å². The van der Waals surface area contributed by atoms with E-state index >= 15 is 0 Å². The van der Waals surface area contributed by atoms with Gasteiger partial charge in [-0.2, -0.15) is 0 Å². The second-order valence-corrected chi connectivity index (χ2v) is 12.2. The van der Waals surface area contributed by atoms with Crippen molar-refractivity contribution in [1.29, 1.82) is 0 Å². The summed E-state index contributed by atoms with van der Waals surface area (Å²) in [4.78, 5) is 2.46. The van der Waals surface area contributed by atoms with Gasteiger partial charge in [-0.05, 0) is 74.7 Å². The molecule has 0 aliphatic heterocycles. The Balaban J connectivity index is 1.44. The molecule has 1 aliphatic carbocycles. The standard InChI is InChI=1S/C43H33N/c1-43(2)39-27-26-32(30-16-6-3-7-17-30)28-37(39)38-29-41(35-23-12-13-24-36(35)42(38)43)44(33-20-10-5-11-21-33)40-25-15-14-22-34(40)31-18-8-4-9-19-31/h3-29H,1-2H3. The maximum atomic E-state index is 2.46. The molecule has 1 aliphatic rings. The van der Waals surface area contributed by atoms with Gasteiger partial charge in [0.15, 0.2) is 0 Å². The lowest BCUT2D eigenvalue weighted by Gasteiger charge is -2.31. The number of nitrogens with zero attached hydrogens (tertiary/aromatic N) is 1. The largest absolute Gasteiger partial charge is 0.309 e. The van der Waals surface area contributed by atoms with E-state index in [0.29, 0.717) is 0 Å². The van der Waals surface area contributed by atoms with E-state index in [1.807, 2.05) is 0 Å². The molecule has 0 amide bonds. The topological polar surface area (TPSA) is 3.24 Å². The van der Waals surface area contributed by atoms with Crippen molar-refractivity contribution in [1.82, 2.24) is 0 Å². The van der Waals surface area contributed by atoms with Gasteiger partial charge in [0.05, 0.1) is 11.4 Å². The van der Waals surface area contributed by atoms with Gasteiger partial charge in [0.1, 0.15) is 0 Å². The Hall–Kier alpha value is -5.40. The van der Waals surface area contributed by atoms with Crippen LogP contribution in [0.5, 0.6) is 0 Å². The van der Waals surface area contributed by atoms with Gasteiger partial charge in [-0.15, -0.1) is 0 Å². The maximum absolute atomic E-state index is 2.46. The summed E-state index contributed by atoms with van der Waals surface area (Å²) in [5, 5.41) is 2.56. The smallest absolute Gasteiger partial charge is 0.0546 e. The summed E-state index contributed by atoms with van der Waals surface area (Å²) < 4.78 is 0. The zero-order valence-electron chi connectivity index (χ0n) is 25.0. The molecule has 0 bridgehead atoms. The average molecular weight is 564 g/mol. The Kier molecular flexibility index (Phi) is 6.20. The molecule has 7 aromatic rings. The molecular weight excluding hydrogens is 530 g/mol. The summed E-state index contributed by atoms with van der Waals surface area (Å²) in [6.07, 6.45) is 0. The Labute approximate surface area is 259 Å². The summed E-state index contributed by atoms with van der Waals surface area (Å²) in [6.45, 7) is 4.76. The number of anilines is 3. The van der Waals surface area contributed by atoms with Gasteiger partial charge in [-0.1, -0.05) is 147 Å². The molecule has 1 heteroatoms. The minimum absolute atomic E-state index is 0.127. The van der Waals surface area contributed by atoms with Crippen molar-refractivity contribution in [2.45, 2.75) is 19.3 Å². The van der Waals surface area contributed by atoms with Crippen molar-refractivity contribution in [3.63, 3.8) is 0 Å². The first-order valence-corrected chi connectivity index (χ1v) is 15.4. The average Bonchev–Trinajstić information content (AvgIpc) is 3.32. The highest BCUT2D eigenvalue weighted by Crippen LogP contribution is 2.55. The second-order valence-electron chi connectivity index (χ2n) is 12.2. The van der Waals surface area contributed by atoms with E-state index < -0.39 is 0 Å². The van der Waals surface area contributed by atoms with Crippen molar-refractivity contribution in [2.75, 3.05) is 4.90 Å². The van der Waals surface area contributed by atoms with Crippen molar-refractivity contribution in [2.24, 2.45) is 0 Å². The first-order chi connectivity index (χ1) is 21.6. The minimum atomic E-state index is -0.127. The number of para-hydroxylation sites is 2. The fraction of sp³-hybridized carbons (Fsp3) is 0.0698. The highest BCUT2D eigenvalue weighted by molar-refractivity contribution is 6.08. The highest BCUT2D eigenvalue weighted by Gasteiger charge is 2.38. The first-order valence-electron chi connectivity index (χ1n) is 15.4. The molecule has 0 atom stereocenters. The van der Waals surface area contributed by atoms with Gasteiger partial charge in [-0.3, -0.25) is 0 Å². The van der Waals surface area contributed by atoms with Crippen molar-refractivity contribution in [3.05, 3.63) is 175 Å². The first kappa shape index (κ1) is 26.2. The van der Waals surface area contributed by atoms with Crippen LogP contribution in [0.3, 0.4) is 0 Å². The molecule has 44 heavy (non-hydrogen) atoms. The highest BCUT2D eigenvalue weighted by atomic mass is 15.1. The third-order valence-electron chi connectivity index (χ3n) is 9.22. The van der Waals surface area contributed by atoms with Crippen LogP contribution in [0.25, 0.3) is 44.2 Å². The maximum Gasteiger partial charge on any atom is 0.0546 e.